The first kappa shape index (κ1) is 20.9. The smallest absolute Gasteiger partial charge is 0.240 e. The van der Waals surface area contributed by atoms with Gasteiger partial charge in [-0.05, 0) is 48.4 Å². The van der Waals surface area contributed by atoms with Crippen LogP contribution in [-0.4, -0.2) is 21.6 Å². The fraction of sp³-hybridized carbons (Fsp3) is 0.273. The standard InChI is InChI=1S/C20H21NO3S.C2H6.H2/c1-15-7-10-20(16(2)13-15)25(22,23)21-11-12-24-19-9-8-17-5-3-4-6-18(17)14-19;1-2;/h3-10,13-14,21H,11-12H2,1-2H3;1-2H3;1H. The van der Waals surface area contributed by atoms with E-state index in [1.165, 1.54) is 0 Å². The van der Waals surface area contributed by atoms with Crippen molar-refractivity contribution in [2.45, 2.75) is 32.6 Å². The fourth-order valence-electron chi connectivity index (χ4n) is 2.78. The molecule has 0 amide bonds. The number of ether oxygens (including phenoxy) is 1. The molecule has 4 nitrogen and oxygen atoms in total. The van der Waals surface area contributed by atoms with E-state index in [-0.39, 0.29) is 14.6 Å². The van der Waals surface area contributed by atoms with Crippen molar-refractivity contribution in [3.63, 3.8) is 0 Å². The summed E-state index contributed by atoms with van der Waals surface area (Å²) in [5, 5.41) is 2.24. The lowest BCUT2D eigenvalue weighted by Crippen LogP contribution is -2.28. The van der Waals surface area contributed by atoms with E-state index in [1.54, 1.807) is 19.1 Å². The molecule has 0 aliphatic carbocycles. The summed E-state index contributed by atoms with van der Waals surface area (Å²) in [5.41, 5.74) is 1.78. The Bertz CT molecular complexity index is 1000. The highest BCUT2D eigenvalue weighted by Crippen LogP contribution is 2.20. The molecule has 0 spiro atoms. The van der Waals surface area contributed by atoms with Crippen molar-refractivity contribution in [2.75, 3.05) is 13.2 Å². The number of hydrogen-bond acceptors (Lipinski definition) is 3. The summed E-state index contributed by atoms with van der Waals surface area (Å²) in [6.07, 6.45) is 0. The van der Waals surface area contributed by atoms with Gasteiger partial charge in [0, 0.05) is 7.97 Å². The summed E-state index contributed by atoms with van der Waals surface area (Å²) in [5.74, 6) is 0.726. The molecule has 0 aliphatic rings. The number of sulfonamides is 1. The van der Waals surface area contributed by atoms with Gasteiger partial charge in [0.25, 0.3) is 0 Å². The zero-order valence-corrected chi connectivity index (χ0v) is 17.1. The van der Waals surface area contributed by atoms with E-state index in [0.29, 0.717) is 4.90 Å². The molecule has 5 heteroatoms. The van der Waals surface area contributed by atoms with E-state index >= 15 is 0 Å². The van der Waals surface area contributed by atoms with Crippen molar-refractivity contribution >= 4 is 20.8 Å². The van der Waals surface area contributed by atoms with Crippen LogP contribution in [0.25, 0.3) is 10.8 Å². The normalized spacial score (nSPS) is 11.0. The Kier molecular flexibility index (Phi) is 7.39. The fourth-order valence-corrected chi connectivity index (χ4v) is 4.02. The summed E-state index contributed by atoms with van der Waals surface area (Å²) >= 11 is 0. The molecule has 0 saturated carbocycles. The average Bonchev–Trinajstić information content (AvgIpc) is 2.66. The van der Waals surface area contributed by atoms with Crippen molar-refractivity contribution in [3.05, 3.63) is 71.8 Å². The lowest BCUT2D eigenvalue weighted by molar-refractivity contribution is 0.323. The number of aryl methyl sites for hydroxylation is 2. The Morgan fingerprint density at radius 1 is 0.926 bits per heavy atom. The Balaban J connectivity index is 0.00000127. The molecule has 0 unspecified atom stereocenters. The van der Waals surface area contributed by atoms with Gasteiger partial charge in [-0.1, -0.05) is 61.9 Å². The molecular formula is C22H29NO3S. The van der Waals surface area contributed by atoms with Gasteiger partial charge in [-0.15, -0.1) is 0 Å². The largest absolute Gasteiger partial charge is 0.492 e. The lowest BCUT2D eigenvalue weighted by atomic mass is 10.1. The number of hydrogen-bond donors (Lipinski definition) is 1. The van der Waals surface area contributed by atoms with Crippen LogP contribution in [0.15, 0.2) is 65.6 Å². The summed E-state index contributed by atoms with van der Waals surface area (Å²) in [6.45, 7) is 8.21. The molecule has 0 radical (unpaired) electrons. The molecule has 0 atom stereocenters. The van der Waals surface area contributed by atoms with E-state index in [4.69, 9.17) is 4.74 Å². The van der Waals surface area contributed by atoms with Crippen LogP contribution < -0.4 is 9.46 Å². The van der Waals surface area contributed by atoms with Gasteiger partial charge in [-0.3, -0.25) is 0 Å². The minimum absolute atomic E-state index is 0. The Morgan fingerprint density at radius 3 is 2.33 bits per heavy atom. The molecule has 3 aromatic rings. The molecule has 0 saturated heterocycles. The minimum atomic E-state index is -3.53. The van der Waals surface area contributed by atoms with Crippen molar-refractivity contribution in [3.8, 4) is 5.75 Å². The Labute approximate surface area is 163 Å². The zero-order chi connectivity index (χ0) is 19.9. The number of rotatable bonds is 6. The lowest BCUT2D eigenvalue weighted by Gasteiger charge is -2.11. The third kappa shape index (κ3) is 5.55. The van der Waals surface area contributed by atoms with E-state index in [1.807, 2.05) is 69.3 Å². The average molecular weight is 388 g/mol. The topological polar surface area (TPSA) is 55.4 Å². The molecule has 0 bridgehead atoms. The molecule has 0 fully saturated rings. The highest BCUT2D eigenvalue weighted by Gasteiger charge is 2.16. The van der Waals surface area contributed by atoms with Crippen LogP contribution in [0.1, 0.15) is 26.4 Å². The number of fused-ring (bicyclic) bond motifs is 1. The summed E-state index contributed by atoms with van der Waals surface area (Å²) in [4.78, 5) is 0.309. The quantitative estimate of drug-likeness (QED) is 0.600. The van der Waals surface area contributed by atoms with Gasteiger partial charge in [-0.25, -0.2) is 13.1 Å². The summed E-state index contributed by atoms with van der Waals surface area (Å²) < 4.78 is 33.0. The van der Waals surface area contributed by atoms with Crippen LogP contribution in [0.2, 0.25) is 0 Å². The first-order valence-corrected chi connectivity index (χ1v) is 10.6. The van der Waals surface area contributed by atoms with Crippen molar-refractivity contribution in [1.29, 1.82) is 0 Å². The van der Waals surface area contributed by atoms with Crippen LogP contribution in [0.5, 0.6) is 5.75 Å². The van der Waals surface area contributed by atoms with Crippen molar-refractivity contribution < 1.29 is 14.6 Å². The van der Waals surface area contributed by atoms with Gasteiger partial charge in [0.15, 0.2) is 0 Å². The molecule has 0 heterocycles. The predicted molar refractivity (Wildman–Crippen MR) is 114 cm³/mol. The van der Waals surface area contributed by atoms with E-state index < -0.39 is 10.0 Å². The van der Waals surface area contributed by atoms with Crippen LogP contribution in [0, 0.1) is 13.8 Å². The molecule has 3 rings (SSSR count). The number of nitrogens with one attached hydrogen (secondary N) is 1. The maximum atomic E-state index is 12.4. The second kappa shape index (κ2) is 9.53. The maximum Gasteiger partial charge on any atom is 0.240 e. The molecule has 0 aliphatic heterocycles. The Morgan fingerprint density at radius 2 is 1.63 bits per heavy atom. The van der Waals surface area contributed by atoms with Gasteiger partial charge in [-0.2, -0.15) is 0 Å². The third-order valence-electron chi connectivity index (χ3n) is 4.00. The molecule has 1 N–H and O–H groups in total. The first-order valence-electron chi connectivity index (χ1n) is 9.14. The van der Waals surface area contributed by atoms with Gasteiger partial charge in [0.1, 0.15) is 12.4 Å². The highest BCUT2D eigenvalue weighted by molar-refractivity contribution is 7.89. The molecular weight excluding hydrogens is 358 g/mol. The minimum Gasteiger partial charge on any atom is -0.492 e. The van der Waals surface area contributed by atoms with Crippen LogP contribution in [-0.2, 0) is 10.0 Å². The van der Waals surface area contributed by atoms with Crippen LogP contribution in [0.4, 0.5) is 0 Å². The SMILES string of the molecule is CC.Cc1ccc(S(=O)(=O)NCCOc2ccc3ccccc3c2)c(C)c1.[HH]. The van der Waals surface area contributed by atoms with E-state index in [9.17, 15) is 8.42 Å². The second-order valence-corrected chi connectivity index (χ2v) is 7.76. The Hall–Kier alpha value is -2.37. The molecule has 3 aromatic carbocycles. The molecule has 0 aromatic heterocycles. The van der Waals surface area contributed by atoms with Gasteiger partial charge in [0.05, 0.1) is 4.90 Å². The monoisotopic (exact) mass is 387 g/mol. The van der Waals surface area contributed by atoms with E-state index in [2.05, 4.69) is 4.72 Å². The summed E-state index contributed by atoms with van der Waals surface area (Å²) in [7, 11) is -3.53. The first-order chi connectivity index (χ1) is 13.0. The zero-order valence-electron chi connectivity index (χ0n) is 16.3. The van der Waals surface area contributed by atoms with Crippen LogP contribution in [0.3, 0.4) is 0 Å². The van der Waals surface area contributed by atoms with Gasteiger partial charge >= 0.3 is 0 Å². The van der Waals surface area contributed by atoms with Crippen molar-refractivity contribution in [1.82, 2.24) is 4.72 Å². The van der Waals surface area contributed by atoms with Gasteiger partial charge in [0.2, 0.25) is 10.0 Å². The van der Waals surface area contributed by atoms with Gasteiger partial charge < -0.3 is 4.74 Å². The molecule has 27 heavy (non-hydrogen) atoms. The van der Waals surface area contributed by atoms with Crippen LogP contribution >= 0.6 is 0 Å². The number of benzene rings is 3. The predicted octanol–water partition coefficient (Wildman–Crippen LogP) is 5.09. The highest BCUT2D eigenvalue weighted by atomic mass is 32.2. The third-order valence-corrected chi connectivity index (χ3v) is 5.63. The summed E-state index contributed by atoms with van der Waals surface area (Å²) in [6, 6.07) is 19.2. The van der Waals surface area contributed by atoms with Crippen molar-refractivity contribution in [2.24, 2.45) is 0 Å². The molecule has 146 valence electrons. The maximum absolute atomic E-state index is 12.4. The second-order valence-electron chi connectivity index (χ2n) is 6.02. The van der Waals surface area contributed by atoms with E-state index in [0.717, 1.165) is 27.6 Å².